The van der Waals surface area contributed by atoms with Crippen LogP contribution in [0.4, 0.5) is 0 Å². The molecule has 1 aliphatic heterocycles. The van der Waals surface area contributed by atoms with Crippen molar-refractivity contribution in [1.29, 1.82) is 0 Å². The van der Waals surface area contributed by atoms with Crippen molar-refractivity contribution in [3.63, 3.8) is 0 Å². The van der Waals surface area contributed by atoms with Gasteiger partial charge in [-0.1, -0.05) is 31.9 Å². The Hall–Kier alpha value is -2.18. The van der Waals surface area contributed by atoms with Crippen LogP contribution in [-0.2, 0) is 19.1 Å². The minimum absolute atomic E-state index is 0.0627. The van der Waals surface area contributed by atoms with Gasteiger partial charge in [0.1, 0.15) is 12.2 Å². The van der Waals surface area contributed by atoms with Gasteiger partial charge in [-0.15, -0.1) is 0 Å². The summed E-state index contributed by atoms with van der Waals surface area (Å²) in [6.45, 7) is 16.9. The van der Waals surface area contributed by atoms with E-state index in [1.807, 2.05) is 0 Å². The molecule has 6 nitrogen and oxygen atoms in total. The first-order valence-corrected chi connectivity index (χ1v) is 8.65. The van der Waals surface area contributed by atoms with Crippen LogP contribution in [0.15, 0.2) is 48.6 Å². The number of aliphatic hydroxyl groups excluding tert-OH is 2. The van der Waals surface area contributed by atoms with Crippen molar-refractivity contribution >= 4 is 11.9 Å². The van der Waals surface area contributed by atoms with Gasteiger partial charge in [-0.3, -0.25) is 0 Å². The highest BCUT2D eigenvalue weighted by Gasteiger charge is 2.56. The van der Waals surface area contributed by atoms with Gasteiger partial charge in [-0.25, -0.2) is 9.59 Å². The predicted molar refractivity (Wildman–Crippen MR) is 93.7 cm³/mol. The Kier molecular flexibility index (Phi) is 4.67. The summed E-state index contributed by atoms with van der Waals surface area (Å²) in [6.07, 6.45) is -2.25. The lowest BCUT2D eigenvalue weighted by atomic mass is 9.81. The zero-order chi connectivity index (χ0) is 19.3. The number of hydrogen-bond donors (Lipinski definition) is 2. The van der Waals surface area contributed by atoms with Gasteiger partial charge in [0, 0.05) is 17.9 Å². The molecule has 3 aliphatic rings. The predicted octanol–water partition coefficient (Wildman–Crippen LogP) is 1.45. The molecule has 1 saturated heterocycles. The number of ether oxygens (including phenoxy) is 2. The molecule has 7 atom stereocenters. The van der Waals surface area contributed by atoms with E-state index in [0.717, 1.165) is 5.57 Å². The maximum absolute atomic E-state index is 12.3. The largest absolute Gasteiger partial charge is 0.458 e. The number of carbonyl (C=O) groups is 2. The summed E-state index contributed by atoms with van der Waals surface area (Å²) in [5, 5.41) is 19.8. The van der Waals surface area contributed by atoms with Gasteiger partial charge >= 0.3 is 11.9 Å². The lowest BCUT2D eigenvalue weighted by Crippen LogP contribution is -2.36. The molecular weight excluding hydrogens is 336 g/mol. The molecular formula is C20H24O6. The van der Waals surface area contributed by atoms with Crippen LogP contribution in [0, 0.1) is 17.8 Å². The summed E-state index contributed by atoms with van der Waals surface area (Å²) in [6, 6.07) is 0. The number of hydrogen-bond acceptors (Lipinski definition) is 6. The van der Waals surface area contributed by atoms with Crippen molar-refractivity contribution in [3.05, 3.63) is 48.6 Å². The number of esters is 2. The van der Waals surface area contributed by atoms with Crippen molar-refractivity contribution in [2.45, 2.75) is 44.2 Å². The van der Waals surface area contributed by atoms with Crippen LogP contribution in [0.1, 0.15) is 19.8 Å². The topological polar surface area (TPSA) is 93.1 Å². The van der Waals surface area contributed by atoms with Crippen molar-refractivity contribution in [1.82, 2.24) is 0 Å². The molecule has 6 heteroatoms. The van der Waals surface area contributed by atoms with Crippen molar-refractivity contribution in [3.8, 4) is 0 Å². The second kappa shape index (κ2) is 6.52. The minimum atomic E-state index is -1.04. The first kappa shape index (κ1) is 18.6. The SMILES string of the molecule is C=C1C(=O)O[C@@H]2[C@H]3C(=C)[C@@H](O)C[C@H]3C(=C)C[C@H](OC(=O)C(=C)[C@@H](C)O)[C@@H]12. The summed E-state index contributed by atoms with van der Waals surface area (Å²) < 4.78 is 11.1. The fourth-order valence-corrected chi connectivity index (χ4v) is 4.25. The Bertz CT molecular complexity index is 718. The summed E-state index contributed by atoms with van der Waals surface area (Å²) in [7, 11) is 0. The third kappa shape index (κ3) is 2.83. The van der Waals surface area contributed by atoms with Crippen LogP contribution in [0.25, 0.3) is 0 Å². The molecule has 2 saturated carbocycles. The van der Waals surface area contributed by atoms with Crippen LogP contribution < -0.4 is 0 Å². The smallest absolute Gasteiger partial charge is 0.336 e. The van der Waals surface area contributed by atoms with E-state index in [0.29, 0.717) is 18.4 Å². The zero-order valence-electron chi connectivity index (χ0n) is 14.8. The van der Waals surface area contributed by atoms with Crippen molar-refractivity contribution in [2.24, 2.45) is 17.8 Å². The van der Waals surface area contributed by atoms with Gasteiger partial charge in [0.2, 0.25) is 0 Å². The third-order valence-corrected chi connectivity index (χ3v) is 5.80. The van der Waals surface area contributed by atoms with E-state index < -0.39 is 42.3 Å². The van der Waals surface area contributed by atoms with E-state index in [-0.39, 0.29) is 23.0 Å². The molecule has 140 valence electrons. The molecule has 1 heterocycles. The van der Waals surface area contributed by atoms with E-state index in [9.17, 15) is 19.8 Å². The molecule has 0 amide bonds. The van der Waals surface area contributed by atoms with Crippen LogP contribution in [0.5, 0.6) is 0 Å². The molecule has 3 fully saturated rings. The highest BCUT2D eigenvalue weighted by Crippen LogP contribution is 2.52. The zero-order valence-corrected chi connectivity index (χ0v) is 14.8. The molecule has 0 bridgehead atoms. The van der Waals surface area contributed by atoms with Gasteiger partial charge < -0.3 is 19.7 Å². The summed E-state index contributed by atoms with van der Waals surface area (Å²) in [4.78, 5) is 24.4. The van der Waals surface area contributed by atoms with Crippen molar-refractivity contribution < 1.29 is 29.3 Å². The Balaban J connectivity index is 1.95. The number of rotatable bonds is 3. The summed E-state index contributed by atoms with van der Waals surface area (Å²) in [5.74, 6) is -2.20. The van der Waals surface area contributed by atoms with Crippen LogP contribution in [0.3, 0.4) is 0 Å². The van der Waals surface area contributed by atoms with Gasteiger partial charge in [0.25, 0.3) is 0 Å². The molecule has 0 spiro atoms. The summed E-state index contributed by atoms with van der Waals surface area (Å²) >= 11 is 0. The molecule has 0 aromatic carbocycles. The van der Waals surface area contributed by atoms with E-state index in [2.05, 4.69) is 26.3 Å². The van der Waals surface area contributed by atoms with Crippen LogP contribution in [0.2, 0.25) is 0 Å². The summed E-state index contributed by atoms with van der Waals surface area (Å²) in [5.41, 5.74) is 1.59. The second-order valence-electron chi connectivity index (χ2n) is 7.39. The lowest BCUT2D eigenvalue weighted by Gasteiger charge is -2.28. The highest BCUT2D eigenvalue weighted by molar-refractivity contribution is 5.92. The quantitative estimate of drug-likeness (QED) is 0.449. The van der Waals surface area contributed by atoms with E-state index in [1.54, 1.807) is 0 Å². The Labute approximate surface area is 152 Å². The average molecular weight is 360 g/mol. The van der Waals surface area contributed by atoms with Gasteiger partial charge in [0.05, 0.1) is 23.7 Å². The fourth-order valence-electron chi connectivity index (χ4n) is 4.25. The maximum atomic E-state index is 12.3. The number of fused-ring (bicyclic) bond motifs is 3. The standard InChI is InChI=1S/C20H24O6/c1-8-6-15(25-19(23)9(2)12(5)21)17-11(4)20(24)26-18(17)16-10(3)14(22)7-13(8)16/h12-18,21-22H,1-4,6-7H2,5H3/t12-,13+,14+,15+,16+,17-,18-/m1/s1. The molecule has 2 aliphatic carbocycles. The molecule has 0 unspecified atom stereocenters. The molecule has 2 N–H and O–H groups in total. The lowest BCUT2D eigenvalue weighted by molar-refractivity contribution is -0.149. The van der Waals surface area contributed by atoms with E-state index in [1.165, 1.54) is 6.92 Å². The molecule has 3 rings (SSSR count). The first-order valence-electron chi connectivity index (χ1n) is 8.65. The van der Waals surface area contributed by atoms with Crippen LogP contribution in [-0.4, -0.2) is 46.6 Å². The second-order valence-corrected chi connectivity index (χ2v) is 7.39. The Morgan fingerprint density at radius 1 is 1.31 bits per heavy atom. The van der Waals surface area contributed by atoms with Gasteiger partial charge in [-0.2, -0.15) is 0 Å². The normalized spacial score (nSPS) is 37.5. The molecule has 26 heavy (non-hydrogen) atoms. The van der Waals surface area contributed by atoms with Crippen molar-refractivity contribution in [2.75, 3.05) is 0 Å². The minimum Gasteiger partial charge on any atom is -0.458 e. The third-order valence-electron chi connectivity index (χ3n) is 5.80. The average Bonchev–Trinajstić information content (AvgIpc) is 2.99. The van der Waals surface area contributed by atoms with E-state index in [4.69, 9.17) is 9.47 Å². The number of aliphatic hydroxyl groups is 2. The fraction of sp³-hybridized carbons (Fsp3) is 0.500. The maximum Gasteiger partial charge on any atom is 0.336 e. The Morgan fingerprint density at radius 2 is 1.96 bits per heavy atom. The van der Waals surface area contributed by atoms with Gasteiger partial charge in [0.15, 0.2) is 0 Å². The highest BCUT2D eigenvalue weighted by atomic mass is 16.6. The van der Waals surface area contributed by atoms with Gasteiger partial charge in [-0.05, 0) is 24.8 Å². The first-order chi connectivity index (χ1) is 12.1. The van der Waals surface area contributed by atoms with E-state index >= 15 is 0 Å². The van der Waals surface area contributed by atoms with Crippen LogP contribution >= 0.6 is 0 Å². The molecule has 0 aromatic heterocycles. The monoisotopic (exact) mass is 360 g/mol. The Morgan fingerprint density at radius 3 is 2.58 bits per heavy atom. The number of carbonyl (C=O) groups excluding carboxylic acids is 2. The molecule has 0 aromatic rings. The molecule has 0 radical (unpaired) electrons.